The van der Waals surface area contributed by atoms with Crippen LogP contribution in [0.25, 0.3) is 0 Å². The molecule has 2 aromatic carbocycles. The third-order valence-corrected chi connectivity index (χ3v) is 4.42. The van der Waals surface area contributed by atoms with Crippen LogP contribution in [-0.4, -0.2) is 34.1 Å². The Balaban J connectivity index is -0.000000500. The van der Waals surface area contributed by atoms with Gasteiger partial charge in [0, 0.05) is 29.5 Å². The maximum absolute atomic E-state index is 11.7. The summed E-state index contributed by atoms with van der Waals surface area (Å²) in [6.07, 6.45) is 4.23. The molecule has 0 bridgehead atoms. The number of carboxylic acids is 2. The maximum atomic E-state index is 11.7. The van der Waals surface area contributed by atoms with Crippen molar-refractivity contribution < 1.29 is 138 Å². The van der Waals surface area contributed by atoms with Crippen molar-refractivity contribution in [3.05, 3.63) is 70.8 Å². The van der Waals surface area contributed by atoms with E-state index in [0.717, 1.165) is 25.7 Å². The van der Waals surface area contributed by atoms with Crippen LogP contribution in [0.3, 0.4) is 0 Å². The van der Waals surface area contributed by atoms with Crippen LogP contribution < -0.4 is 108 Å². The fraction of sp³-hybridized carbons (Fsp3) is 0.333. The van der Waals surface area contributed by atoms with E-state index < -0.39 is 11.9 Å². The Morgan fingerprint density at radius 1 is 0.697 bits per heavy atom. The molecular weight excluding hydrogens is 478 g/mol. The largest absolute Gasteiger partial charge is 1.00 e. The summed E-state index contributed by atoms with van der Waals surface area (Å²) in [7, 11) is 0. The summed E-state index contributed by atoms with van der Waals surface area (Å²) >= 11 is 0. The van der Waals surface area contributed by atoms with Crippen molar-refractivity contribution >= 4 is 23.5 Å². The Morgan fingerprint density at radius 2 is 1.03 bits per heavy atom. The number of benzene rings is 2. The van der Waals surface area contributed by atoms with Crippen molar-refractivity contribution in [2.75, 3.05) is 0 Å². The van der Waals surface area contributed by atoms with E-state index >= 15 is 0 Å². The molecule has 0 aliphatic rings. The molecule has 0 amide bonds. The third kappa shape index (κ3) is 13.6. The Morgan fingerprint density at radius 3 is 1.36 bits per heavy atom. The van der Waals surface area contributed by atoms with Crippen molar-refractivity contribution in [1.29, 1.82) is 0 Å². The SMILES string of the molecule is CCCCC(=O)c1ccccc1C(=O)O.CCCCC(=O)c1ccccc1C(=O)[O-].[K+].[K+].[OH-]. The first-order chi connectivity index (χ1) is 14.3. The van der Waals surface area contributed by atoms with E-state index in [1.165, 1.54) is 18.2 Å². The van der Waals surface area contributed by atoms with Gasteiger partial charge in [-0.2, -0.15) is 0 Å². The molecule has 7 nitrogen and oxygen atoms in total. The average molecular weight is 507 g/mol. The Hall–Kier alpha value is -0.0473. The molecule has 0 aliphatic heterocycles. The second kappa shape index (κ2) is 21.3. The van der Waals surface area contributed by atoms with Crippen LogP contribution in [-0.2, 0) is 0 Å². The molecule has 0 saturated heterocycles. The molecule has 168 valence electrons. The van der Waals surface area contributed by atoms with E-state index in [1.807, 2.05) is 13.8 Å². The van der Waals surface area contributed by atoms with E-state index in [9.17, 15) is 24.3 Å². The fourth-order valence-corrected chi connectivity index (χ4v) is 2.76. The zero-order valence-electron chi connectivity index (χ0n) is 19.8. The molecule has 0 atom stereocenters. The molecule has 2 N–H and O–H groups in total. The fourth-order valence-electron chi connectivity index (χ4n) is 2.76. The first-order valence-electron chi connectivity index (χ1n) is 10.0. The summed E-state index contributed by atoms with van der Waals surface area (Å²) < 4.78 is 0. The number of aromatic carboxylic acids is 2. The Kier molecular flexibility index (Phi) is 24.2. The molecule has 0 heterocycles. The minimum atomic E-state index is -1.30. The number of hydrogen-bond donors (Lipinski definition) is 1. The monoisotopic (exact) mass is 506 g/mol. The quantitative estimate of drug-likeness (QED) is 0.290. The summed E-state index contributed by atoms with van der Waals surface area (Å²) in [5.41, 5.74) is 0.654. The summed E-state index contributed by atoms with van der Waals surface area (Å²) in [4.78, 5) is 44.9. The van der Waals surface area contributed by atoms with Crippen molar-refractivity contribution in [2.24, 2.45) is 0 Å². The second-order valence-electron chi connectivity index (χ2n) is 6.74. The van der Waals surface area contributed by atoms with Crippen LogP contribution in [0.2, 0.25) is 0 Å². The average Bonchev–Trinajstić information content (AvgIpc) is 2.76. The molecule has 0 aromatic heterocycles. The molecular formula is C24H28K2O7. The molecule has 33 heavy (non-hydrogen) atoms. The van der Waals surface area contributed by atoms with Gasteiger partial charge in [0.05, 0.1) is 11.5 Å². The van der Waals surface area contributed by atoms with Crippen LogP contribution >= 0.6 is 0 Å². The van der Waals surface area contributed by atoms with Crippen LogP contribution in [0.4, 0.5) is 0 Å². The molecule has 0 unspecified atom stereocenters. The number of carbonyl (C=O) groups excluding carboxylic acids is 3. The van der Waals surface area contributed by atoms with Crippen molar-refractivity contribution in [2.45, 2.75) is 52.4 Å². The first kappa shape index (κ1) is 37.5. The van der Waals surface area contributed by atoms with Crippen molar-refractivity contribution in [3.63, 3.8) is 0 Å². The van der Waals surface area contributed by atoms with Gasteiger partial charge in [-0.25, -0.2) is 4.79 Å². The molecule has 9 heteroatoms. The van der Waals surface area contributed by atoms with Crippen LogP contribution in [0.1, 0.15) is 93.8 Å². The van der Waals surface area contributed by atoms with Crippen molar-refractivity contribution in [1.82, 2.24) is 0 Å². The Labute approximate surface area is 279 Å². The number of hydrogen-bond acceptors (Lipinski definition) is 6. The number of rotatable bonds is 10. The third-order valence-electron chi connectivity index (χ3n) is 4.42. The molecule has 0 spiro atoms. The van der Waals surface area contributed by atoms with Gasteiger partial charge in [-0.15, -0.1) is 0 Å². The van der Waals surface area contributed by atoms with Crippen LogP contribution in [0.5, 0.6) is 0 Å². The topological polar surface area (TPSA) is 142 Å². The molecule has 0 radical (unpaired) electrons. The Bertz CT molecular complexity index is 824. The minimum Gasteiger partial charge on any atom is -0.870 e. The van der Waals surface area contributed by atoms with Gasteiger partial charge in [-0.05, 0) is 18.9 Å². The van der Waals surface area contributed by atoms with E-state index in [2.05, 4.69) is 0 Å². The second-order valence-corrected chi connectivity index (χ2v) is 6.74. The van der Waals surface area contributed by atoms with E-state index in [-0.39, 0.29) is 137 Å². The van der Waals surface area contributed by atoms with Crippen LogP contribution in [0, 0.1) is 0 Å². The maximum Gasteiger partial charge on any atom is 1.00 e. The number of carboxylic acid groups (broad SMARTS) is 2. The van der Waals surface area contributed by atoms with Gasteiger partial charge >= 0.3 is 109 Å². The van der Waals surface area contributed by atoms with E-state index in [4.69, 9.17) is 5.11 Å². The molecule has 2 aromatic rings. The zero-order valence-corrected chi connectivity index (χ0v) is 26.0. The predicted molar refractivity (Wildman–Crippen MR) is 114 cm³/mol. The number of ketones is 2. The summed E-state index contributed by atoms with van der Waals surface area (Å²) in [5.74, 6) is -2.56. The van der Waals surface area contributed by atoms with Gasteiger partial charge in [0.25, 0.3) is 0 Å². The molecule has 0 saturated carbocycles. The molecule has 0 fully saturated rings. The molecule has 0 aliphatic carbocycles. The number of Topliss-reactive ketones (excluding diaryl/α,β-unsaturated/α-hetero) is 2. The summed E-state index contributed by atoms with van der Waals surface area (Å²) in [6, 6.07) is 12.5. The normalized spacial score (nSPS) is 9.03. The zero-order chi connectivity index (χ0) is 22.5. The summed E-state index contributed by atoms with van der Waals surface area (Å²) in [6.45, 7) is 3.98. The standard InChI is InChI=1S/2C12H14O3.2K.H2O/c2*1-2-3-8-11(13)9-6-4-5-7-10(9)12(14)15;;;/h2*4-7H,2-3,8H2,1H3,(H,14,15);;;1H2/q;;2*+1;/p-2. The van der Waals surface area contributed by atoms with E-state index in [1.54, 1.807) is 30.3 Å². The smallest absolute Gasteiger partial charge is 0.870 e. The first-order valence-corrected chi connectivity index (χ1v) is 10.0. The van der Waals surface area contributed by atoms with Gasteiger partial charge in [0.1, 0.15) is 0 Å². The van der Waals surface area contributed by atoms with Gasteiger partial charge < -0.3 is 20.5 Å². The minimum absolute atomic E-state index is 0. The number of carbonyl (C=O) groups is 4. The predicted octanol–water partition coefficient (Wildman–Crippen LogP) is -1.99. The molecule has 2 rings (SSSR count). The van der Waals surface area contributed by atoms with Gasteiger partial charge in [0.2, 0.25) is 0 Å². The van der Waals surface area contributed by atoms with Gasteiger partial charge in [-0.3, -0.25) is 9.59 Å². The van der Waals surface area contributed by atoms with Gasteiger partial charge in [0.15, 0.2) is 11.6 Å². The van der Waals surface area contributed by atoms with Crippen molar-refractivity contribution in [3.8, 4) is 0 Å². The van der Waals surface area contributed by atoms with Crippen LogP contribution in [0.15, 0.2) is 48.5 Å². The number of unbranched alkanes of at least 4 members (excludes halogenated alkanes) is 2. The van der Waals surface area contributed by atoms with Gasteiger partial charge in [-0.1, -0.05) is 69.2 Å². The van der Waals surface area contributed by atoms with E-state index in [0.29, 0.717) is 18.4 Å². The summed E-state index contributed by atoms with van der Waals surface area (Å²) in [5, 5.41) is 19.6.